The van der Waals surface area contributed by atoms with Gasteiger partial charge in [0.15, 0.2) is 0 Å². The molecular weight excluding hydrogens is 452 g/mol. The number of rotatable bonds is 8. The summed E-state index contributed by atoms with van der Waals surface area (Å²) in [5.41, 5.74) is 1.64. The molecule has 190 valence electrons. The molecule has 0 bridgehead atoms. The number of methoxy groups -OCH3 is 2. The first-order valence-electron chi connectivity index (χ1n) is 11.8. The largest absolute Gasteiger partial charge is 0.497 e. The second-order valence-electron chi connectivity index (χ2n) is 8.64. The average Bonchev–Trinajstić information content (AvgIpc) is 3.22. The Labute approximate surface area is 205 Å². The number of hydrogen-bond acceptors (Lipinski definition) is 8. The van der Waals surface area contributed by atoms with Crippen LogP contribution < -0.4 is 25.0 Å². The van der Waals surface area contributed by atoms with Crippen LogP contribution in [0.3, 0.4) is 0 Å². The van der Waals surface area contributed by atoms with Crippen molar-refractivity contribution in [3.8, 4) is 11.5 Å². The Morgan fingerprint density at radius 2 is 1.83 bits per heavy atom. The first-order valence-corrected chi connectivity index (χ1v) is 11.8. The number of carbonyl (C=O) groups excluding carboxylic acids is 1. The van der Waals surface area contributed by atoms with Crippen LogP contribution in [0, 0.1) is 0 Å². The van der Waals surface area contributed by atoms with Crippen LogP contribution >= 0.6 is 0 Å². The molecule has 2 amide bonds. The summed E-state index contributed by atoms with van der Waals surface area (Å²) in [6, 6.07) is 14.3. The molecule has 4 atom stereocenters. The molecule has 10 nitrogen and oxygen atoms in total. The molecule has 2 heterocycles. The molecule has 0 aliphatic carbocycles. The molecule has 35 heavy (non-hydrogen) atoms. The Hall–Kier alpha value is -3.05. The number of aliphatic hydroxyl groups excluding tert-OH is 2. The zero-order chi connectivity index (χ0) is 24.8. The maximum atomic E-state index is 12.5. The minimum Gasteiger partial charge on any atom is -0.497 e. The van der Waals surface area contributed by atoms with Gasteiger partial charge in [0.05, 0.1) is 38.7 Å². The molecule has 0 radical (unpaired) electrons. The quantitative estimate of drug-likeness (QED) is 0.439. The van der Waals surface area contributed by atoms with Crippen molar-refractivity contribution in [1.29, 1.82) is 0 Å². The Morgan fingerprint density at radius 1 is 1.06 bits per heavy atom. The van der Waals surface area contributed by atoms with E-state index >= 15 is 0 Å². The lowest BCUT2D eigenvalue weighted by Crippen LogP contribution is -2.57. The van der Waals surface area contributed by atoms with Crippen molar-refractivity contribution in [3.05, 3.63) is 48.5 Å². The lowest BCUT2D eigenvalue weighted by Gasteiger charge is -2.41. The van der Waals surface area contributed by atoms with Gasteiger partial charge in [-0.2, -0.15) is 0 Å². The summed E-state index contributed by atoms with van der Waals surface area (Å²) < 4.78 is 16.6. The van der Waals surface area contributed by atoms with E-state index in [0.29, 0.717) is 24.5 Å². The van der Waals surface area contributed by atoms with Gasteiger partial charge in [-0.05, 0) is 24.3 Å². The summed E-state index contributed by atoms with van der Waals surface area (Å²) in [5.74, 6) is 1.47. The zero-order valence-corrected chi connectivity index (χ0v) is 20.1. The molecule has 10 heteroatoms. The molecule has 4 N–H and O–H groups in total. The van der Waals surface area contributed by atoms with E-state index in [2.05, 4.69) is 20.4 Å². The van der Waals surface area contributed by atoms with Crippen molar-refractivity contribution in [2.75, 3.05) is 63.8 Å². The Morgan fingerprint density at radius 3 is 2.54 bits per heavy atom. The number of piperazine rings is 1. The van der Waals surface area contributed by atoms with E-state index in [1.165, 1.54) is 0 Å². The second kappa shape index (κ2) is 11.6. The first-order chi connectivity index (χ1) is 17.0. The maximum absolute atomic E-state index is 12.5. The van der Waals surface area contributed by atoms with Crippen LogP contribution in [0.25, 0.3) is 0 Å². The highest BCUT2D eigenvalue weighted by atomic mass is 16.5. The molecule has 2 fully saturated rings. The van der Waals surface area contributed by atoms with Crippen LogP contribution in [0.1, 0.15) is 0 Å². The molecule has 4 rings (SSSR count). The van der Waals surface area contributed by atoms with Gasteiger partial charge in [0.1, 0.15) is 23.7 Å². The third-order valence-corrected chi connectivity index (χ3v) is 6.59. The minimum atomic E-state index is -0.856. The molecule has 2 aromatic carbocycles. The van der Waals surface area contributed by atoms with E-state index in [1.54, 1.807) is 38.5 Å². The fourth-order valence-corrected chi connectivity index (χ4v) is 4.82. The number of carbonyl (C=O) groups is 1. The molecule has 2 aliphatic rings. The lowest BCUT2D eigenvalue weighted by atomic mass is 10.0. The smallest absolute Gasteiger partial charge is 0.319 e. The monoisotopic (exact) mass is 486 g/mol. The van der Waals surface area contributed by atoms with E-state index in [4.69, 9.17) is 14.2 Å². The number of para-hydroxylation sites is 2. The summed E-state index contributed by atoms with van der Waals surface area (Å²) >= 11 is 0. The number of urea groups is 1. The highest BCUT2D eigenvalue weighted by molar-refractivity contribution is 5.89. The van der Waals surface area contributed by atoms with Crippen LogP contribution in [0.2, 0.25) is 0 Å². The van der Waals surface area contributed by atoms with E-state index in [0.717, 1.165) is 24.5 Å². The number of nitrogens with one attached hydrogen (secondary N) is 2. The Bertz CT molecular complexity index is 984. The summed E-state index contributed by atoms with van der Waals surface area (Å²) in [6.07, 6.45) is -2.01. The van der Waals surface area contributed by atoms with E-state index < -0.39 is 18.3 Å². The van der Waals surface area contributed by atoms with Gasteiger partial charge in [-0.1, -0.05) is 18.2 Å². The average molecular weight is 487 g/mol. The third-order valence-electron chi connectivity index (χ3n) is 6.59. The Kier molecular flexibility index (Phi) is 8.29. The number of amides is 2. The van der Waals surface area contributed by atoms with Gasteiger partial charge in [-0.25, -0.2) is 4.79 Å². The predicted molar refractivity (Wildman–Crippen MR) is 132 cm³/mol. The first kappa shape index (κ1) is 25.1. The number of anilines is 2. The fourth-order valence-electron chi connectivity index (χ4n) is 4.82. The van der Waals surface area contributed by atoms with Crippen LogP contribution in [0.15, 0.2) is 48.5 Å². The second-order valence-corrected chi connectivity index (χ2v) is 8.64. The molecule has 0 spiro atoms. The number of aliphatic hydroxyl groups is 2. The van der Waals surface area contributed by atoms with Crippen LogP contribution in [-0.2, 0) is 4.74 Å². The van der Waals surface area contributed by atoms with E-state index in [-0.39, 0.29) is 25.2 Å². The highest BCUT2D eigenvalue weighted by Crippen LogP contribution is 2.31. The molecule has 2 aliphatic heterocycles. The highest BCUT2D eigenvalue weighted by Gasteiger charge is 2.46. The van der Waals surface area contributed by atoms with Crippen molar-refractivity contribution in [1.82, 2.24) is 10.2 Å². The van der Waals surface area contributed by atoms with E-state index in [9.17, 15) is 15.0 Å². The number of ether oxygens (including phenoxy) is 3. The van der Waals surface area contributed by atoms with Gasteiger partial charge in [0, 0.05) is 44.5 Å². The SMILES string of the molecule is COc1cccc(NC(=O)NCC2OC(CO)C(O)C2N2CCN(c3ccccc3OC)CC2)c1. The summed E-state index contributed by atoms with van der Waals surface area (Å²) in [7, 11) is 3.23. The minimum absolute atomic E-state index is 0.195. The normalized spacial score (nSPS) is 24.7. The van der Waals surface area contributed by atoms with Crippen molar-refractivity contribution < 1.29 is 29.2 Å². The van der Waals surface area contributed by atoms with Crippen LogP contribution in [-0.4, -0.2) is 99.0 Å². The predicted octanol–water partition coefficient (Wildman–Crippen LogP) is 1.14. The van der Waals surface area contributed by atoms with Gasteiger partial charge in [0.25, 0.3) is 0 Å². The van der Waals surface area contributed by atoms with Crippen molar-refractivity contribution in [2.45, 2.75) is 24.4 Å². The maximum Gasteiger partial charge on any atom is 0.319 e. The summed E-state index contributed by atoms with van der Waals surface area (Å²) in [6.45, 7) is 2.82. The van der Waals surface area contributed by atoms with Crippen molar-refractivity contribution >= 4 is 17.4 Å². The third kappa shape index (κ3) is 5.79. The van der Waals surface area contributed by atoms with Gasteiger partial charge >= 0.3 is 6.03 Å². The fraction of sp³-hybridized carbons (Fsp3) is 0.480. The molecule has 2 saturated heterocycles. The Balaban J connectivity index is 1.36. The molecular formula is C25H34N4O6. The van der Waals surface area contributed by atoms with E-state index in [1.807, 2.05) is 24.3 Å². The topological polar surface area (TPSA) is 116 Å². The number of benzene rings is 2. The molecule has 0 aromatic heterocycles. The van der Waals surface area contributed by atoms with Gasteiger partial charge < -0.3 is 40.0 Å². The molecule has 0 saturated carbocycles. The van der Waals surface area contributed by atoms with Gasteiger partial charge in [-0.3, -0.25) is 4.90 Å². The summed E-state index contributed by atoms with van der Waals surface area (Å²) in [5, 5.41) is 26.2. The lowest BCUT2D eigenvalue weighted by molar-refractivity contribution is -0.0205. The van der Waals surface area contributed by atoms with Crippen molar-refractivity contribution in [2.24, 2.45) is 0 Å². The molecule has 2 aromatic rings. The number of hydrogen-bond donors (Lipinski definition) is 4. The van der Waals surface area contributed by atoms with Crippen LogP contribution in [0.4, 0.5) is 16.2 Å². The van der Waals surface area contributed by atoms with Crippen molar-refractivity contribution in [3.63, 3.8) is 0 Å². The van der Waals surface area contributed by atoms with Gasteiger partial charge in [0.2, 0.25) is 0 Å². The zero-order valence-electron chi connectivity index (χ0n) is 20.1. The standard InChI is InChI=1S/C25H34N4O6/c1-33-18-7-5-6-17(14-18)27-25(32)26-15-21-23(24(31)22(16-30)35-21)29-12-10-28(11-13-29)19-8-3-4-9-20(19)34-2/h3-9,14,21-24,30-31H,10-13,15-16H2,1-2H3,(H2,26,27,32). The number of nitrogens with zero attached hydrogens (tertiary/aromatic N) is 2. The van der Waals surface area contributed by atoms with Crippen LogP contribution in [0.5, 0.6) is 11.5 Å². The summed E-state index contributed by atoms with van der Waals surface area (Å²) in [4.78, 5) is 16.9. The molecule has 4 unspecified atom stereocenters. The van der Waals surface area contributed by atoms with Gasteiger partial charge in [-0.15, -0.1) is 0 Å².